The Morgan fingerprint density at radius 3 is 2.68 bits per heavy atom. The molecule has 2 aromatic carbocycles. The largest absolute Gasteiger partial charge is 0.369 e. The maximum Gasteiger partial charge on any atom is 0.157 e. The Morgan fingerprint density at radius 1 is 1.00 bits per heavy atom. The standard InChI is InChI=1S/C25H23ClN8/c1-33-9-11-34(12-10-33)16-5-6-22(21(26)13-16)30-25-18-7-8-27-14-20(18)17-3-2-4-19(23(17)31-25)24-28-15-29-32-24/h2-8,13-15H,9-12H2,1H3,(H,30,31)(H,28,29,32). The third kappa shape index (κ3) is 3.70. The van der Waals surface area contributed by atoms with E-state index < -0.39 is 0 Å². The number of nitrogens with zero attached hydrogens (tertiary/aromatic N) is 6. The normalized spacial score (nSPS) is 14.7. The number of aromatic amines is 1. The molecular formula is C25H23ClN8. The summed E-state index contributed by atoms with van der Waals surface area (Å²) in [6, 6.07) is 14.2. The first-order valence-electron chi connectivity index (χ1n) is 11.2. The van der Waals surface area contributed by atoms with Gasteiger partial charge in [0.15, 0.2) is 5.82 Å². The van der Waals surface area contributed by atoms with E-state index in [9.17, 15) is 0 Å². The number of para-hydroxylation sites is 1. The second-order valence-corrected chi connectivity index (χ2v) is 8.90. The van der Waals surface area contributed by atoms with E-state index in [-0.39, 0.29) is 0 Å². The average molecular weight is 471 g/mol. The van der Waals surface area contributed by atoms with Crippen molar-refractivity contribution in [3.05, 3.63) is 66.2 Å². The smallest absolute Gasteiger partial charge is 0.157 e. The van der Waals surface area contributed by atoms with Gasteiger partial charge in [-0.3, -0.25) is 10.1 Å². The van der Waals surface area contributed by atoms with Gasteiger partial charge in [0.05, 0.1) is 16.2 Å². The van der Waals surface area contributed by atoms with Crippen LogP contribution in [0.3, 0.4) is 0 Å². The van der Waals surface area contributed by atoms with Crippen LogP contribution in [0.25, 0.3) is 33.1 Å². The monoisotopic (exact) mass is 470 g/mol. The Balaban J connectivity index is 1.43. The Bertz CT molecular complexity index is 1480. The van der Waals surface area contributed by atoms with E-state index in [0.717, 1.165) is 64.8 Å². The number of aromatic nitrogens is 5. The lowest BCUT2D eigenvalue weighted by Gasteiger charge is -2.34. The van der Waals surface area contributed by atoms with Crippen molar-refractivity contribution in [2.45, 2.75) is 0 Å². The van der Waals surface area contributed by atoms with Gasteiger partial charge in [0.1, 0.15) is 12.1 Å². The Kier molecular flexibility index (Phi) is 5.24. The molecule has 6 rings (SSSR count). The molecule has 0 radical (unpaired) electrons. The number of pyridine rings is 2. The highest BCUT2D eigenvalue weighted by molar-refractivity contribution is 6.33. The minimum Gasteiger partial charge on any atom is -0.369 e. The number of rotatable bonds is 4. The van der Waals surface area contributed by atoms with Crippen LogP contribution in [0.1, 0.15) is 0 Å². The molecule has 1 fully saturated rings. The third-order valence-corrected chi connectivity index (χ3v) is 6.68. The second-order valence-electron chi connectivity index (χ2n) is 8.50. The van der Waals surface area contributed by atoms with Crippen molar-refractivity contribution < 1.29 is 0 Å². The summed E-state index contributed by atoms with van der Waals surface area (Å²) < 4.78 is 0. The molecule has 9 heteroatoms. The Hall–Kier alpha value is -3.75. The van der Waals surface area contributed by atoms with E-state index in [0.29, 0.717) is 16.7 Å². The fourth-order valence-corrected chi connectivity index (χ4v) is 4.71. The van der Waals surface area contributed by atoms with Crippen molar-refractivity contribution in [2.75, 3.05) is 43.4 Å². The maximum atomic E-state index is 6.75. The van der Waals surface area contributed by atoms with Crippen LogP contribution in [0.5, 0.6) is 0 Å². The summed E-state index contributed by atoms with van der Waals surface area (Å²) >= 11 is 6.75. The van der Waals surface area contributed by atoms with Gasteiger partial charge < -0.3 is 15.1 Å². The zero-order valence-electron chi connectivity index (χ0n) is 18.7. The summed E-state index contributed by atoms with van der Waals surface area (Å²) in [6.45, 7) is 4.08. The molecule has 1 saturated heterocycles. The first-order chi connectivity index (χ1) is 16.7. The van der Waals surface area contributed by atoms with Gasteiger partial charge in [-0.15, -0.1) is 0 Å². The van der Waals surface area contributed by atoms with Crippen LogP contribution < -0.4 is 10.2 Å². The molecule has 1 aliphatic heterocycles. The summed E-state index contributed by atoms with van der Waals surface area (Å²) in [5.41, 5.74) is 3.63. The average Bonchev–Trinajstić information content (AvgIpc) is 3.40. The Morgan fingerprint density at radius 2 is 1.88 bits per heavy atom. The molecule has 0 unspecified atom stereocenters. The van der Waals surface area contributed by atoms with Crippen molar-refractivity contribution in [3.8, 4) is 11.4 Å². The number of piperazine rings is 1. The molecule has 0 aliphatic carbocycles. The summed E-state index contributed by atoms with van der Waals surface area (Å²) in [5, 5.41) is 14.0. The van der Waals surface area contributed by atoms with Crippen LogP contribution in [0.15, 0.2) is 61.2 Å². The number of nitrogens with one attached hydrogen (secondary N) is 2. The van der Waals surface area contributed by atoms with E-state index in [2.05, 4.69) is 48.4 Å². The molecule has 2 N–H and O–H groups in total. The van der Waals surface area contributed by atoms with Crippen LogP contribution >= 0.6 is 11.6 Å². The number of halogens is 1. The predicted octanol–water partition coefficient (Wildman–Crippen LogP) is 4.72. The van der Waals surface area contributed by atoms with Gasteiger partial charge in [-0.1, -0.05) is 23.7 Å². The van der Waals surface area contributed by atoms with Crippen LogP contribution in [0.4, 0.5) is 17.2 Å². The van der Waals surface area contributed by atoms with Crippen molar-refractivity contribution in [1.29, 1.82) is 0 Å². The molecule has 0 spiro atoms. The maximum absolute atomic E-state index is 6.75. The highest BCUT2D eigenvalue weighted by Crippen LogP contribution is 2.36. The Labute approximate surface area is 201 Å². The minimum absolute atomic E-state index is 0.657. The number of hydrogen-bond donors (Lipinski definition) is 2. The molecule has 4 heterocycles. The van der Waals surface area contributed by atoms with Crippen molar-refractivity contribution in [1.82, 2.24) is 30.0 Å². The predicted molar refractivity (Wildman–Crippen MR) is 137 cm³/mol. The summed E-state index contributed by atoms with van der Waals surface area (Å²) in [6.07, 6.45) is 5.14. The van der Waals surface area contributed by atoms with Crippen molar-refractivity contribution in [2.24, 2.45) is 0 Å². The molecule has 0 amide bonds. The van der Waals surface area contributed by atoms with E-state index in [4.69, 9.17) is 16.6 Å². The fourth-order valence-electron chi connectivity index (χ4n) is 4.48. The molecule has 34 heavy (non-hydrogen) atoms. The van der Waals surface area contributed by atoms with Crippen molar-refractivity contribution in [3.63, 3.8) is 0 Å². The number of anilines is 3. The molecule has 0 saturated carbocycles. The van der Waals surface area contributed by atoms with Crippen LogP contribution in [-0.4, -0.2) is 63.3 Å². The van der Waals surface area contributed by atoms with Gasteiger partial charge in [0.2, 0.25) is 0 Å². The zero-order chi connectivity index (χ0) is 23.1. The molecule has 0 bridgehead atoms. The number of H-pyrrole nitrogens is 1. The number of fused-ring (bicyclic) bond motifs is 3. The topological polar surface area (TPSA) is 85.9 Å². The molecule has 0 atom stereocenters. The lowest BCUT2D eigenvalue weighted by molar-refractivity contribution is 0.313. The number of hydrogen-bond acceptors (Lipinski definition) is 7. The van der Waals surface area contributed by atoms with Gasteiger partial charge >= 0.3 is 0 Å². The summed E-state index contributed by atoms with van der Waals surface area (Å²) in [7, 11) is 2.15. The van der Waals surface area contributed by atoms with E-state index in [1.807, 2.05) is 42.6 Å². The van der Waals surface area contributed by atoms with E-state index >= 15 is 0 Å². The van der Waals surface area contributed by atoms with Crippen molar-refractivity contribution >= 4 is 50.5 Å². The lowest BCUT2D eigenvalue weighted by Crippen LogP contribution is -2.44. The highest BCUT2D eigenvalue weighted by atomic mass is 35.5. The summed E-state index contributed by atoms with van der Waals surface area (Å²) in [4.78, 5) is 18.4. The van der Waals surface area contributed by atoms with Gasteiger partial charge in [0.25, 0.3) is 0 Å². The SMILES string of the molecule is CN1CCN(c2ccc(Nc3nc4c(-c5ncn[nH]5)cccc4c4cnccc34)c(Cl)c2)CC1. The molecule has 1 aliphatic rings. The van der Waals surface area contributed by atoms with Crippen LogP contribution in [0, 0.1) is 0 Å². The quantitative estimate of drug-likeness (QED) is 0.367. The van der Waals surface area contributed by atoms with E-state index in [1.54, 1.807) is 6.20 Å². The van der Waals surface area contributed by atoms with Crippen LogP contribution in [-0.2, 0) is 0 Å². The van der Waals surface area contributed by atoms with Crippen LogP contribution in [0.2, 0.25) is 5.02 Å². The van der Waals surface area contributed by atoms with Gasteiger partial charge in [0, 0.05) is 66.0 Å². The lowest BCUT2D eigenvalue weighted by atomic mass is 10.0. The highest BCUT2D eigenvalue weighted by Gasteiger charge is 2.17. The number of likely N-dealkylation sites (N-methyl/N-ethyl adjacent to an activating group) is 1. The molecule has 5 aromatic rings. The first-order valence-corrected chi connectivity index (χ1v) is 11.6. The van der Waals surface area contributed by atoms with Gasteiger partial charge in [-0.2, -0.15) is 5.10 Å². The third-order valence-electron chi connectivity index (χ3n) is 6.37. The molecular weight excluding hydrogens is 448 g/mol. The fraction of sp³-hybridized carbons (Fsp3) is 0.200. The molecule has 8 nitrogen and oxygen atoms in total. The number of benzene rings is 2. The minimum atomic E-state index is 0.657. The zero-order valence-corrected chi connectivity index (χ0v) is 19.4. The van der Waals surface area contributed by atoms with Gasteiger partial charge in [-0.25, -0.2) is 9.97 Å². The van der Waals surface area contributed by atoms with Gasteiger partial charge in [-0.05, 0) is 37.4 Å². The van der Waals surface area contributed by atoms with E-state index in [1.165, 1.54) is 6.33 Å². The molecule has 170 valence electrons. The first kappa shape index (κ1) is 20.8. The molecule has 3 aromatic heterocycles. The summed E-state index contributed by atoms with van der Waals surface area (Å²) in [5.74, 6) is 1.38. The second kappa shape index (κ2) is 8.55.